The van der Waals surface area contributed by atoms with Crippen LogP contribution >= 0.6 is 15.9 Å². The number of aromatic amines is 1. The second kappa shape index (κ2) is 4.98. The SMILES string of the molecule is Cc1cc(Br)cc2[nH]c(Cc3ccc(F)c(F)c3)nc12. The third kappa shape index (κ3) is 2.45. The highest BCUT2D eigenvalue weighted by atomic mass is 79.9. The molecule has 1 heterocycles. The van der Waals surface area contributed by atoms with Gasteiger partial charge in [0.15, 0.2) is 11.6 Å². The van der Waals surface area contributed by atoms with Gasteiger partial charge in [-0.2, -0.15) is 0 Å². The number of halogens is 3. The zero-order chi connectivity index (χ0) is 14.3. The van der Waals surface area contributed by atoms with Gasteiger partial charge >= 0.3 is 0 Å². The van der Waals surface area contributed by atoms with Gasteiger partial charge < -0.3 is 4.98 Å². The van der Waals surface area contributed by atoms with E-state index in [4.69, 9.17) is 0 Å². The molecule has 3 aromatic rings. The van der Waals surface area contributed by atoms with Crippen molar-refractivity contribution in [1.82, 2.24) is 9.97 Å². The molecule has 102 valence electrons. The summed E-state index contributed by atoms with van der Waals surface area (Å²) in [6.07, 6.45) is 0.433. The van der Waals surface area contributed by atoms with Crippen molar-refractivity contribution in [3.8, 4) is 0 Å². The maximum absolute atomic E-state index is 13.2. The fourth-order valence-corrected chi connectivity index (χ4v) is 2.80. The number of hydrogen-bond donors (Lipinski definition) is 1. The van der Waals surface area contributed by atoms with Crippen LogP contribution in [0.5, 0.6) is 0 Å². The normalized spacial score (nSPS) is 11.2. The van der Waals surface area contributed by atoms with Gasteiger partial charge in [-0.25, -0.2) is 13.8 Å². The monoisotopic (exact) mass is 336 g/mol. The minimum absolute atomic E-state index is 0.433. The fourth-order valence-electron chi connectivity index (χ4n) is 2.22. The Morgan fingerprint density at radius 2 is 1.95 bits per heavy atom. The second-order valence-electron chi connectivity index (χ2n) is 4.73. The Morgan fingerprint density at radius 1 is 1.15 bits per heavy atom. The van der Waals surface area contributed by atoms with E-state index in [1.165, 1.54) is 6.07 Å². The van der Waals surface area contributed by atoms with Crippen molar-refractivity contribution in [2.75, 3.05) is 0 Å². The topological polar surface area (TPSA) is 28.7 Å². The van der Waals surface area contributed by atoms with Gasteiger partial charge in [-0.15, -0.1) is 0 Å². The zero-order valence-corrected chi connectivity index (χ0v) is 12.3. The van der Waals surface area contributed by atoms with Crippen molar-refractivity contribution in [2.45, 2.75) is 13.3 Å². The highest BCUT2D eigenvalue weighted by molar-refractivity contribution is 9.10. The van der Waals surface area contributed by atoms with Crippen LogP contribution in [-0.4, -0.2) is 9.97 Å². The summed E-state index contributed by atoms with van der Waals surface area (Å²) in [5.74, 6) is -0.942. The predicted octanol–water partition coefficient (Wildman–Crippen LogP) is 4.50. The number of rotatable bonds is 2. The number of fused-ring (bicyclic) bond motifs is 1. The van der Waals surface area contributed by atoms with Crippen molar-refractivity contribution in [3.63, 3.8) is 0 Å². The minimum atomic E-state index is -0.836. The number of aromatic nitrogens is 2. The molecule has 0 saturated carbocycles. The van der Waals surface area contributed by atoms with E-state index in [0.717, 1.165) is 33.0 Å². The standard InChI is InChI=1S/C15H11BrF2N2/c1-8-4-10(16)7-13-15(8)20-14(19-13)6-9-2-3-11(17)12(18)5-9/h2-5,7H,6H2,1H3,(H,19,20). The molecule has 0 aliphatic heterocycles. The van der Waals surface area contributed by atoms with Crippen molar-refractivity contribution < 1.29 is 8.78 Å². The van der Waals surface area contributed by atoms with E-state index in [0.29, 0.717) is 12.0 Å². The fraction of sp³-hybridized carbons (Fsp3) is 0.133. The molecule has 5 heteroatoms. The third-order valence-electron chi connectivity index (χ3n) is 3.15. The molecule has 1 N–H and O–H groups in total. The molecule has 0 aliphatic carbocycles. The number of imidazole rings is 1. The summed E-state index contributed by atoms with van der Waals surface area (Å²) in [5, 5.41) is 0. The molecule has 3 rings (SSSR count). The molecule has 0 atom stereocenters. The van der Waals surface area contributed by atoms with Crippen molar-refractivity contribution in [2.24, 2.45) is 0 Å². The molecule has 0 spiro atoms. The third-order valence-corrected chi connectivity index (χ3v) is 3.60. The number of H-pyrrole nitrogens is 1. The first-order valence-corrected chi connectivity index (χ1v) is 6.91. The first-order valence-electron chi connectivity index (χ1n) is 6.11. The number of nitrogens with zero attached hydrogens (tertiary/aromatic N) is 1. The minimum Gasteiger partial charge on any atom is -0.342 e. The van der Waals surface area contributed by atoms with Gasteiger partial charge in [-0.05, 0) is 42.3 Å². The highest BCUT2D eigenvalue weighted by Crippen LogP contribution is 2.23. The summed E-state index contributed by atoms with van der Waals surface area (Å²) >= 11 is 3.44. The van der Waals surface area contributed by atoms with E-state index in [9.17, 15) is 8.78 Å². The van der Waals surface area contributed by atoms with Crippen LogP contribution in [0.3, 0.4) is 0 Å². The second-order valence-corrected chi connectivity index (χ2v) is 5.64. The van der Waals surface area contributed by atoms with Crippen LogP contribution in [0.1, 0.15) is 17.0 Å². The molecule has 0 radical (unpaired) electrons. The lowest BCUT2D eigenvalue weighted by molar-refractivity contribution is 0.507. The lowest BCUT2D eigenvalue weighted by Gasteiger charge is -1.99. The van der Waals surface area contributed by atoms with E-state index < -0.39 is 11.6 Å². The number of aryl methyl sites for hydroxylation is 1. The quantitative estimate of drug-likeness (QED) is 0.733. The Kier molecular flexibility index (Phi) is 3.30. The smallest absolute Gasteiger partial charge is 0.159 e. The Balaban J connectivity index is 1.98. The maximum atomic E-state index is 13.2. The van der Waals surface area contributed by atoms with Crippen molar-refractivity contribution in [3.05, 3.63) is 63.4 Å². The summed E-state index contributed by atoms with van der Waals surface area (Å²) in [6.45, 7) is 1.98. The molecule has 20 heavy (non-hydrogen) atoms. The first kappa shape index (κ1) is 13.2. The molecule has 0 unspecified atom stereocenters. The van der Waals surface area contributed by atoms with Crippen LogP contribution in [0.2, 0.25) is 0 Å². The maximum Gasteiger partial charge on any atom is 0.159 e. The average molecular weight is 337 g/mol. The first-order chi connectivity index (χ1) is 9.52. The predicted molar refractivity (Wildman–Crippen MR) is 77.7 cm³/mol. The molecule has 2 nitrogen and oxygen atoms in total. The van der Waals surface area contributed by atoms with E-state index in [2.05, 4.69) is 25.9 Å². The van der Waals surface area contributed by atoms with Crippen molar-refractivity contribution in [1.29, 1.82) is 0 Å². The van der Waals surface area contributed by atoms with Gasteiger partial charge in [-0.1, -0.05) is 22.0 Å². The van der Waals surface area contributed by atoms with Gasteiger partial charge in [0.05, 0.1) is 11.0 Å². The molecule has 1 aromatic heterocycles. The lowest BCUT2D eigenvalue weighted by atomic mass is 10.1. The number of benzene rings is 2. The molecular weight excluding hydrogens is 326 g/mol. The summed E-state index contributed by atoms with van der Waals surface area (Å²) in [4.78, 5) is 7.71. The number of hydrogen-bond acceptors (Lipinski definition) is 1. The molecule has 0 bridgehead atoms. The van der Waals surface area contributed by atoms with Gasteiger partial charge in [-0.3, -0.25) is 0 Å². The Labute approximate surface area is 123 Å². The molecule has 2 aromatic carbocycles. The Bertz CT molecular complexity index is 796. The summed E-state index contributed by atoms with van der Waals surface area (Å²) in [7, 11) is 0. The summed E-state index contributed by atoms with van der Waals surface area (Å²) in [6, 6.07) is 7.84. The summed E-state index contributed by atoms with van der Waals surface area (Å²) in [5.41, 5.74) is 3.56. The van der Waals surface area contributed by atoms with Crippen LogP contribution in [0.4, 0.5) is 8.78 Å². The van der Waals surface area contributed by atoms with Crippen molar-refractivity contribution >= 4 is 27.0 Å². The van der Waals surface area contributed by atoms with Crippen LogP contribution < -0.4 is 0 Å². The van der Waals surface area contributed by atoms with Gasteiger partial charge in [0.1, 0.15) is 5.82 Å². The number of nitrogens with one attached hydrogen (secondary N) is 1. The van der Waals surface area contributed by atoms with E-state index in [1.807, 2.05) is 19.1 Å². The van der Waals surface area contributed by atoms with E-state index in [-0.39, 0.29) is 0 Å². The molecule has 0 aliphatic rings. The lowest BCUT2D eigenvalue weighted by Crippen LogP contribution is -1.93. The Morgan fingerprint density at radius 3 is 2.70 bits per heavy atom. The van der Waals surface area contributed by atoms with Gasteiger partial charge in [0, 0.05) is 10.9 Å². The van der Waals surface area contributed by atoms with Crippen LogP contribution in [0, 0.1) is 18.6 Å². The molecule has 0 saturated heterocycles. The van der Waals surface area contributed by atoms with Crippen LogP contribution in [0.25, 0.3) is 11.0 Å². The summed E-state index contributed by atoms with van der Waals surface area (Å²) < 4.78 is 27.1. The largest absolute Gasteiger partial charge is 0.342 e. The molecule has 0 fully saturated rings. The van der Waals surface area contributed by atoms with E-state index >= 15 is 0 Å². The van der Waals surface area contributed by atoms with Gasteiger partial charge in [0.25, 0.3) is 0 Å². The van der Waals surface area contributed by atoms with Gasteiger partial charge in [0.2, 0.25) is 0 Å². The van der Waals surface area contributed by atoms with E-state index in [1.54, 1.807) is 6.07 Å². The van der Waals surface area contributed by atoms with Crippen LogP contribution in [-0.2, 0) is 6.42 Å². The highest BCUT2D eigenvalue weighted by Gasteiger charge is 2.09. The average Bonchev–Trinajstić information content (AvgIpc) is 2.76. The Hall–Kier alpha value is -1.75. The molecule has 0 amide bonds. The molecular formula is C15H11BrF2N2. The van der Waals surface area contributed by atoms with Crippen LogP contribution in [0.15, 0.2) is 34.8 Å². The zero-order valence-electron chi connectivity index (χ0n) is 10.7.